The highest BCUT2D eigenvalue weighted by Crippen LogP contribution is 2.25. The Balaban J connectivity index is 1.54. The molecule has 0 saturated carbocycles. The molecule has 134 valence electrons. The van der Waals surface area contributed by atoms with Crippen molar-refractivity contribution in [2.24, 2.45) is 0 Å². The summed E-state index contributed by atoms with van der Waals surface area (Å²) in [4.78, 5) is 25.1. The zero-order valence-electron chi connectivity index (χ0n) is 13.6. The zero-order valence-corrected chi connectivity index (χ0v) is 15.2. The van der Waals surface area contributed by atoms with Gasteiger partial charge >= 0.3 is 5.97 Å². The van der Waals surface area contributed by atoms with Crippen molar-refractivity contribution in [3.8, 4) is 17.1 Å². The summed E-state index contributed by atoms with van der Waals surface area (Å²) < 4.78 is 9.99. The molecular formula is C16H13ClN4O4S. The summed E-state index contributed by atoms with van der Waals surface area (Å²) in [7, 11) is 1.48. The molecule has 3 aromatic rings. The Morgan fingerprint density at radius 1 is 1.31 bits per heavy atom. The third-order valence-electron chi connectivity index (χ3n) is 3.34. The van der Waals surface area contributed by atoms with E-state index < -0.39 is 12.6 Å². The van der Waals surface area contributed by atoms with E-state index >= 15 is 0 Å². The van der Waals surface area contributed by atoms with Gasteiger partial charge in [0.2, 0.25) is 5.82 Å². The Bertz CT molecular complexity index is 926. The molecule has 0 aliphatic rings. The molecule has 0 saturated heterocycles. The first-order chi connectivity index (χ1) is 12.6. The van der Waals surface area contributed by atoms with E-state index in [1.54, 1.807) is 12.1 Å². The normalized spacial score (nSPS) is 10.5. The van der Waals surface area contributed by atoms with E-state index in [1.807, 2.05) is 16.8 Å². The molecule has 10 heteroatoms. The lowest BCUT2D eigenvalue weighted by Crippen LogP contribution is -2.19. The number of carbonyl (C=O) groups is 2. The van der Waals surface area contributed by atoms with Gasteiger partial charge < -0.3 is 9.47 Å². The number of Topliss-reactive ketones (excluding diaryl/α,β-unsaturated/α-hetero) is 1. The third-order valence-corrected chi connectivity index (χ3v) is 4.32. The summed E-state index contributed by atoms with van der Waals surface area (Å²) in [5.41, 5.74) is 1.14. The molecule has 26 heavy (non-hydrogen) atoms. The van der Waals surface area contributed by atoms with Gasteiger partial charge in [0.05, 0.1) is 12.1 Å². The Kier molecular flexibility index (Phi) is 5.59. The monoisotopic (exact) mass is 392 g/mol. The van der Waals surface area contributed by atoms with Crippen LogP contribution in [0, 0.1) is 0 Å². The van der Waals surface area contributed by atoms with Gasteiger partial charge in [-0.3, -0.25) is 4.79 Å². The number of aromatic nitrogens is 4. The minimum atomic E-state index is -0.646. The van der Waals surface area contributed by atoms with E-state index in [1.165, 1.54) is 24.5 Å². The maximum atomic E-state index is 12.1. The molecule has 0 unspecified atom stereocenters. The second kappa shape index (κ2) is 8.07. The Labute approximate surface area is 157 Å². The van der Waals surface area contributed by atoms with Crippen LogP contribution in [0.3, 0.4) is 0 Å². The first-order valence-electron chi connectivity index (χ1n) is 7.39. The van der Waals surface area contributed by atoms with Crippen LogP contribution in [0.1, 0.15) is 10.4 Å². The first-order valence-corrected chi connectivity index (χ1v) is 8.71. The Morgan fingerprint density at radius 2 is 2.15 bits per heavy atom. The number of ketones is 1. The Hall–Kier alpha value is -2.78. The number of benzene rings is 1. The molecule has 8 nitrogen and oxygen atoms in total. The lowest BCUT2D eigenvalue weighted by atomic mass is 10.1. The largest absolute Gasteiger partial charge is 0.495 e. The predicted octanol–water partition coefficient (Wildman–Crippen LogP) is 2.49. The fourth-order valence-corrected chi connectivity index (χ4v) is 2.94. The summed E-state index contributed by atoms with van der Waals surface area (Å²) in [6.07, 6.45) is 0. The fraction of sp³-hybridized carbons (Fsp3) is 0.188. The molecule has 3 rings (SSSR count). The summed E-state index contributed by atoms with van der Waals surface area (Å²) >= 11 is 7.48. The van der Waals surface area contributed by atoms with Crippen molar-refractivity contribution in [2.75, 3.05) is 13.7 Å². The summed E-state index contributed by atoms with van der Waals surface area (Å²) in [6.45, 7) is -0.651. The SMILES string of the molecule is COc1ccc(C(=O)COC(=O)Cn2nnc(-c3ccsc3)n2)cc1Cl. The highest BCUT2D eigenvalue weighted by Gasteiger charge is 2.14. The van der Waals surface area contributed by atoms with E-state index in [9.17, 15) is 9.59 Å². The van der Waals surface area contributed by atoms with Gasteiger partial charge in [-0.25, -0.2) is 4.79 Å². The average molecular weight is 393 g/mol. The number of hydrogen-bond acceptors (Lipinski definition) is 8. The van der Waals surface area contributed by atoms with Gasteiger partial charge in [-0.1, -0.05) is 11.6 Å². The van der Waals surface area contributed by atoms with E-state index in [-0.39, 0.29) is 12.3 Å². The van der Waals surface area contributed by atoms with Gasteiger partial charge in [0.1, 0.15) is 5.75 Å². The maximum absolute atomic E-state index is 12.1. The van der Waals surface area contributed by atoms with Crippen LogP contribution >= 0.6 is 22.9 Å². The number of carbonyl (C=O) groups excluding carboxylic acids is 2. The van der Waals surface area contributed by atoms with Crippen molar-refractivity contribution >= 4 is 34.7 Å². The topological polar surface area (TPSA) is 96.2 Å². The maximum Gasteiger partial charge on any atom is 0.330 e. The number of thiophene rings is 1. The third kappa shape index (κ3) is 4.24. The minimum Gasteiger partial charge on any atom is -0.495 e. The molecule has 0 N–H and O–H groups in total. The summed E-state index contributed by atoms with van der Waals surface area (Å²) in [5, 5.41) is 15.8. The van der Waals surface area contributed by atoms with Crippen LogP contribution in [-0.4, -0.2) is 45.7 Å². The molecule has 0 aliphatic carbocycles. The van der Waals surface area contributed by atoms with E-state index in [0.717, 1.165) is 10.4 Å². The van der Waals surface area contributed by atoms with Gasteiger partial charge in [-0.15, -0.1) is 10.2 Å². The van der Waals surface area contributed by atoms with Gasteiger partial charge in [0, 0.05) is 16.5 Å². The van der Waals surface area contributed by atoms with Crippen molar-refractivity contribution in [3.05, 3.63) is 45.6 Å². The lowest BCUT2D eigenvalue weighted by Gasteiger charge is -2.06. The molecule has 2 aromatic heterocycles. The summed E-state index contributed by atoms with van der Waals surface area (Å²) in [6, 6.07) is 6.43. The van der Waals surface area contributed by atoms with Gasteiger partial charge in [-0.05, 0) is 34.9 Å². The number of halogens is 1. The van der Waals surface area contributed by atoms with E-state index in [2.05, 4.69) is 15.4 Å². The average Bonchev–Trinajstić information content (AvgIpc) is 3.31. The van der Waals surface area contributed by atoms with Crippen LogP contribution in [0.5, 0.6) is 5.75 Å². The number of tetrazole rings is 1. The molecule has 0 aliphatic heterocycles. The summed E-state index contributed by atoms with van der Waals surface area (Å²) in [5.74, 6) is -0.150. The lowest BCUT2D eigenvalue weighted by molar-refractivity contribution is -0.143. The minimum absolute atomic E-state index is 0.242. The Morgan fingerprint density at radius 3 is 2.85 bits per heavy atom. The highest BCUT2D eigenvalue weighted by molar-refractivity contribution is 7.08. The number of rotatable bonds is 7. The highest BCUT2D eigenvalue weighted by atomic mass is 35.5. The van der Waals surface area contributed by atoms with E-state index in [4.69, 9.17) is 21.1 Å². The standard InChI is InChI=1S/C16H13ClN4O4S/c1-24-14-3-2-10(6-12(14)17)13(22)8-25-15(23)7-21-19-16(18-20-21)11-4-5-26-9-11/h2-6,9H,7-8H2,1H3. The van der Waals surface area contributed by atoms with Crippen LogP contribution in [0.25, 0.3) is 11.4 Å². The fourth-order valence-electron chi connectivity index (χ4n) is 2.05. The number of ether oxygens (including phenoxy) is 2. The molecule has 1 aromatic carbocycles. The quantitative estimate of drug-likeness (QED) is 0.450. The molecule has 0 spiro atoms. The van der Waals surface area contributed by atoms with Crippen LogP contribution in [0.4, 0.5) is 0 Å². The van der Waals surface area contributed by atoms with Crippen molar-refractivity contribution < 1.29 is 19.1 Å². The molecule has 0 atom stereocenters. The van der Waals surface area contributed by atoms with Crippen molar-refractivity contribution in [1.29, 1.82) is 0 Å². The number of hydrogen-bond donors (Lipinski definition) is 0. The van der Waals surface area contributed by atoms with Gasteiger partial charge in [-0.2, -0.15) is 16.1 Å². The van der Waals surface area contributed by atoms with Crippen LogP contribution < -0.4 is 4.74 Å². The van der Waals surface area contributed by atoms with Crippen LogP contribution in [-0.2, 0) is 16.1 Å². The predicted molar refractivity (Wildman–Crippen MR) is 94.4 cm³/mol. The number of methoxy groups -OCH3 is 1. The number of esters is 1. The molecular weight excluding hydrogens is 380 g/mol. The molecule has 0 bridgehead atoms. The van der Waals surface area contributed by atoms with Gasteiger partial charge in [0.15, 0.2) is 18.9 Å². The second-order valence-electron chi connectivity index (χ2n) is 5.09. The molecule has 0 radical (unpaired) electrons. The van der Waals surface area contributed by atoms with Crippen LogP contribution in [0.15, 0.2) is 35.0 Å². The van der Waals surface area contributed by atoms with Crippen LogP contribution in [0.2, 0.25) is 5.02 Å². The molecule has 2 heterocycles. The zero-order chi connectivity index (χ0) is 18.5. The number of nitrogens with zero attached hydrogens (tertiary/aromatic N) is 4. The van der Waals surface area contributed by atoms with Crippen molar-refractivity contribution in [1.82, 2.24) is 20.2 Å². The van der Waals surface area contributed by atoms with Crippen molar-refractivity contribution in [2.45, 2.75) is 6.54 Å². The second-order valence-corrected chi connectivity index (χ2v) is 6.28. The van der Waals surface area contributed by atoms with Gasteiger partial charge in [0.25, 0.3) is 0 Å². The molecule has 0 fully saturated rings. The van der Waals surface area contributed by atoms with Crippen molar-refractivity contribution in [3.63, 3.8) is 0 Å². The molecule has 0 amide bonds. The first kappa shape index (κ1) is 18.0. The van der Waals surface area contributed by atoms with E-state index in [0.29, 0.717) is 22.2 Å². The smallest absolute Gasteiger partial charge is 0.330 e.